The van der Waals surface area contributed by atoms with Crippen LogP contribution < -0.4 is 0 Å². The zero-order valence-corrected chi connectivity index (χ0v) is 7.73. The molecule has 0 saturated carbocycles. The zero-order chi connectivity index (χ0) is 5.41. The minimum atomic E-state index is -0.833. The van der Waals surface area contributed by atoms with Gasteiger partial charge in [0.1, 0.15) is 0 Å². The Morgan fingerprint density at radius 3 is 1.75 bits per heavy atom. The van der Waals surface area contributed by atoms with E-state index in [4.69, 9.17) is 9.46 Å². The van der Waals surface area contributed by atoms with Crippen molar-refractivity contribution in [2.45, 2.75) is 13.3 Å². The maximum Gasteiger partial charge on any atom is 2.00 e. The van der Waals surface area contributed by atoms with Crippen molar-refractivity contribution in [1.29, 1.82) is 0 Å². The molecule has 0 saturated heterocycles. The summed E-state index contributed by atoms with van der Waals surface area (Å²) >= 11 is 0. The van der Waals surface area contributed by atoms with Gasteiger partial charge in [0.05, 0.1) is 0 Å². The van der Waals surface area contributed by atoms with Crippen LogP contribution in [0.5, 0.6) is 0 Å². The molecule has 0 aromatic heterocycles. The fourth-order valence-electron chi connectivity index (χ4n) is 0. The van der Waals surface area contributed by atoms with Gasteiger partial charge in [-0.05, 0) is 0 Å². The minimum Gasteiger partial charge on any atom is -0.358 e. The molecule has 0 radical (unpaired) electrons. The monoisotopic (exact) mass is 146 g/mol. The molecule has 2 nitrogen and oxygen atoms in total. The summed E-state index contributed by atoms with van der Waals surface area (Å²) in [6.07, 6.45) is 1.00. The van der Waals surface area contributed by atoms with E-state index in [0.29, 0.717) is 0 Å². The van der Waals surface area contributed by atoms with Crippen LogP contribution in [0, 0.1) is 14.4 Å². The molecule has 8 heavy (non-hydrogen) atoms. The Morgan fingerprint density at radius 1 is 1.75 bits per heavy atom. The van der Waals surface area contributed by atoms with Crippen molar-refractivity contribution < 1.29 is 9.46 Å². The standard InChI is InChI=1S/C3H7.CH3.Mg.HO2P/c1-3-2;;;1-3-2/h1,3H2,2H3;1H3;;(H,1,2)/q2*-1;+2;. The van der Waals surface area contributed by atoms with Crippen LogP contribution in [0.4, 0.5) is 0 Å². The van der Waals surface area contributed by atoms with Crippen molar-refractivity contribution in [3.8, 4) is 0 Å². The normalized spacial score (nSPS) is 4.88. The van der Waals surface area contributed by atoms with Crippen LogP contribution in [0.1, 0.15) is 13.3 Å². The van der Waals surface area contributed by atoms with E-state index in [0.717, 1.165) is 6.42 Å². The molecular formula is C4H11MgO2P. The van der Waals surface area contributed by atoms with Crippen LogP contribution in [0.15, 0.2) is 0 Å². The molecule has 0 bridgehead atoms. The molecule has 0 aromatic rings. The average molecular weight is 146 g/mol. The van der Waals surface area contributed by atoms with Gasteiger partial charge < -0.3 is 19.2 Å². The molecule has 0 aliphatic rings. The van der Waals surface area contributed by atoms with Gasteiger partial charge in [-0.25, -0.2) is 4.57 Å². The largest absolute Gasteiger partial charge is 2.00 e. The first-order chi connectivity index (χ1) is 2.83. The zero-order valence-electron chi connectivity index (χ0n) is 5.42. The van der Waals surface area contributed by atoms with E-state index in [1.54, 1.807) is 0 Å². The molecule has 0 rings (SSSR count). The molecule has 0 aliphatic carbocycles. The van der Waals surface area contributed by atoms with Crippen molar-refractivity contribution in [2.75, 3.05) is 0 Å². The van der Waals surface area contributed by atoms with E-state index >= 15 is 0 Å². The molecule has 0 aromatic carbocycles. The van der Waals surface area contributed by atoms with Gasteiger partial charge in [-0.3, -0.25) is 0 Å². The van der Waals surface area contributed by atoms with Crippen LogP contribution in [-0.2, 0) is 4.57 Å². The smallest absolute Gasteiger partial charge is 0.358 e. The summed E-state index contributed by atoms with van der Waals surface area (Å²) in [5.74, 6) is 0. The molecule has 0 atom stereocenters. The molecule has 0 unspecified atom stereocenters. The second-order valence-corrected chi connectivity index (χ2v) is 0.745. The van der Waals surface area contributed by atoms with Gasteiger partial charge in [0.2, 0.25) is 0 Å². The Bertz CT molecular complexity index is 28.0. The summed E-state index contributed by atoms with van der Waals surface area (Å²) in [6, 6.07) is 0. The summed E-state index contributed by atoms with van der Waals surface area (Å²) in [5, 5.41) is 0. The third-order valence-corrected chi connectivity index (χ3v) is 0. The maximum atomic E-state index is 8.46. The molecular weight excluding hydrogens is 135 g/mol. The number of hydrogen-bond acceptors (Lipinski definition) is 1. The van der Waals surface area contributed by atoms with Gasteiger partial charge in [-0.15, -0.1) is 0 Å². The Kier molecular flexibility index (Phi) is 132. The van der Waals surface area contributed by atoms with Gasteiger partial charge in [-0.1, -0.05) is 6.92 Å². The minimum absolute atomic E-state index is 0. The Hall–Kier alpha value is 0.826. The van der Waals surface area contributed by atoms with E-state index in [9.17, 15) is 0 Å². The summed E-state index contributed by atoms with van der Waals surface area (Å²) in [7, 11) is -0.833. The topological polar surface area (TPSA) is 37.3 Å². The number of rotatable bonds is 0. The summed E-state index contributed by atoms with van der Waals surface area (Å²) < 4.78 is 8.46. The third-order valence-electron chi connectivity index (χ3n) is 0. The Morgan fingerprint density at radius 2 is 1.75 bits per heavy atom. The van der Waals surface area contributed by atoms with E-state index in [1.807, 2.05) is 6.92 Å². The molecule has 0 fully saturated rings. The van der Waals surface area contributed by atoms with Crippen molar-refractivity contribution in [3.05, 3.63) is 14.4 Å². The maximum absolute atomic E-state index is 8.46. The fraction of sp³-hybridized carbons (Fsp3) is 0.500. The van der Waals surface area contributed by atoms with Gasteiger partial charge in [-0.2, -0.15) is 6.42 Å². The Labute approximate surface area is 69.1 Å². The predicted octanol–water partition coefficient (Wildman–Crippen LogP) is 1.49. The van der Waals surface area contributed by atoms with Crippen LogP contribution in [0.2, 0.25) is 0 Å². The molecule has 46 valence electrons. The molecule has 1 N–H and O–H groups in total. The summed E-state index contributed by atoms with van der Waals surface area (Å²) in [5.41, 5.74) is 0. The van der Waals surface area contributed by atoms with Crippen molar-refractivity contribution in [1.82, 2.24) is 0 Å². The first-order valence-electron chi connectivity index (χ1n) is 1.59. The van der Waals surface area contributed by atoms with Crippen molar-refractivity contribution >= 4 is 31.7 Å². The SMILES string of the molecule is O=PO.[CH2-]CC.[CH3-].[Mg+2]. The van der Waals surface area contributed by atoms with Crippen LogP contribution in [0.3, 0.4) is 0 Å². The Balaban J connectivity index is -0.0000000160. The van der Waals surface area contributed by atoms with Crippen molar-refractivity contribution in [2.24, 2.45) is 0 Å². The first-order valence-corrected chi connectivity index (χ1v) is 2.35. The molecule has 0 amide bonds. The average Bonchev–Trinajstić information content (AvgIpc) is 1.39. The first kappa shape index (κ1) is 23.2. The third kappa shape index (κ3) is 339. The van der Waals surface area contributed by atoms with E-state index < -0.39 is 8.69 Å². The van der Waals surface area contributed by atoms with Gasteiger partial charge >= 0.3 is 31.7 Å². The van der Waals surface area contributed by atoms with Gasteiger partial charge in [0, 0.05) is 0 Å². The quantitative estimate of drug-likeness (QED) is 0.319. The summed E-state index contributed by atoms with van der Waals surface area (Å²) in [6.45, 7) is 5.50. The van der Waals surface area contributed by atoms with Gasteiger partial charge in [0.15, 0.2) is 0 Å². The fourth-order valence-corrected chi connectivity index (χ4v) is 0. The molecule has 0 aliphatic heterocycles. The molecule has 0 heterocycles. The van der Waals surface area contributed by atoms with E-state index in [-0.39, 0.29) is 30.5 Å². The van der Waals surface area contributed by atoms with E-state index in [2.05, 4.69) is 6.92 Å². The number of hydrogen-bond donors (Lipinski definition) is 1. The van der Waals surface area contributed by atoms with E-state index in [1.165, 1.54) is 0 Å². The van der Waals surface area contributed by atoms with Crippen LogP contribution in [0.25, 0.3) is 0 Å². The second kappa shape index (κ2) is 45.7. The predicted molar refractivity (Wildman–Crippen MR) is 37.6 cm³/mol. The van der Waals surface area contributed by atoms with Crippen LogP contribution in [-0.4, -0.2) is 27.9 Å². The van der Waals surface area contributed by atoms with Crippen LogP contribution >= 0.6 is 8.69 Å². The molecule has 0 spiro atoms. The van der Waals surface area contributed by atoms with Crippen molar-refractivity contribution in [3.63, 3.8) is 0 Å². The molecule has 4 heteroatoms. The summed E-state index contributed by atoms with van der Waals surface area (Å²) in [4.78, 5) is 6.99. The second-order valence-electron chi connectivity index (χ2n) is 0.582. The van der Waals surface area contributed by atoms with Gasteiger partial charge in [0.25, 0.3) is 0 Å².